The Morgan fingerprint density at radius 2 is 0.716 bits per heavy atom. The molecule has 0 saturated carbocycles. The molecule has 9 heteroatoms. The summed E-state index contributed by atoms with van der Waals surface area (Å²) < 4.78 is 32.4. The van der Waals surface area contributed by atoms with Gasteiger partial charge < -0.3 is 27.6 Å². The van der Waals surface area contributed by atoms with Gasteiger partial charge in [0.15, 0.2) is 17.3 Å². The van der Waals surface area contributed by atoms with Gasteiger partial charge in [0.05, 0.1) is 24.2 Å². The lowest BCUT2D eigenvalue weighted by Crippen LogP contribution is -1.97. The van der Waals surface area contributed by atoms with E-state index in [1.165, 1.54) is 89.9 Å². The fourth-order valence-corrected chi connectivity index (χ4v) is 9.92. The molecule has 0 saturated heterocycles. The third kappa shape index (κ3) is 12.2. The summed E-state index contributed by atoms with van der Waals surface area (Å²) in [6, 6.07) is 53.8. The molecule has 10 rings (SSSR count). The molecule has 0 bridgehead atoms. The summed E-state index contributed by atoms with van der Waals surface area (Å²) in [6.07, 6.45) is 20.4. The molecular weight excluding hydrogens is 917 g/mol. The van der Waals surface area contributed by atoms with Crippen LogP contribution in [0.25, 0.3) is 95.2 Å². The third-order valence-corrected chi connectivity index (χ3v) is 14.2. The molecule has 0 amide bonds. The first-order valence-electron chi connectivity index (χ1n) is 27.2. The normalized spacial score (nSPS) is 11.5. The van der Waals surface area contributed by atoms with Gasteiger partial charge in [-0.1, -0.05) is 186 Å². The minimum Gasteiger partial charge on any atom is -0.494 e. The van der Waals surface area contributed by atoms with Crippen molar-refractivity contribution in [2.24, 2.45) is 0 Å². The maximum absolute atomic E-state index is 6.09. The Hall–Kier alpha value is -7.65. The number of fused-ring (bicyclic) bond motifs is 3. The molecule has 6 aromatic carbocycles. The highest BCUT2D eigenvalue weighted by molar-refractivity contribution is 6.11. The van der Waals surface area contributed by atoms with Crippen molar-refractivity contribution in [2.45, 2.75) is 117 Å². The van der Waals surface area contributed by atoms with Gasteiger partial charge >= 0.3 is 0 Å². The van der Waals surface area contributed by atoms with E-state index in [0.717, 1.165) is 121 Å². The summed E-state index contributed by atoms with van der Waals surface area (Å²) in [4.78, 5) is 0. The van der Waals surface area contributed by atoms with E-state index in [9.17, 15) is 0 Å². The standard InChI is InChI=1S/C65H68N4O5/c1-3-5-7-9-11-13-15-20-40-70-54-34-26-48(27-35-54)59-45-64(73-67-59)51-30-38-56-57-39-31-52(65-46-60(68-74-65)49-28-36-55(37-29-49)71-41-21-16-14-12-10-8-6-4-2)43-62(57)69(61(56)42-51)53-32-24-47(25-33-53)58-44-63(72-66-58)50-22-18-17-19-23-50/h17-19,22-39,42-46H,3-16,20-21,40-41H2,1-2H3. The molecule has 0 unspecified atom stereocenters. The van der Waals surface area contributed by atoms with E-state index >= 15 is 0 Å². The van der Waals surface area contributed by atoms with Gasteiger partial charge in [0, 0.05) is 68.0 Å². The van der Waals surface area contributed by atoms with Gasteiger partial charge in [0.25, 0.3) is 0 Å². The third-order valence-electron chi connectivity index (χ3n) is 14.2. The Morgan fingerprint density at radius 3 is 1.14 bits per heavy atom. The van der Waals surface area contributed by atoms with Crippen molar-refractivity contribution in [2.75, 3.05) is 13.2 Å². The molecule has 378 valence electrons. The van der Waals surface area contributed by atoms with Crippen LogP contribution in [0, 0.1) is 0 Å². The summed E-state index contributed by atoms with van der Waals surface area (Å²) >= 11 is 0. The molecule has 9 nitrogen and oxygen atoms in total. The molecule has 0 aliphatic carbocycles. The van der Waals surface area contributed by atoms with Crippen LogP contribution in [0.3, 0.4) is 0 Å². The van der Waals surface area contributed by atoms with E-state index < -0.39 is 0 Å². The predicted octanol–water partition coefficient (Wildman–Crippen LogP) is 18.8. The number of benzene rings is 6. The lowest BCUT2D eigenvalue weighted by atomic mass is 10.1. The minimum atomic E-state index is 0.683. The Morgan fingerprint density at radius 1 is 0.351 bits per heavy atom. The average Bonchev–Trinajstić information content (AvgIpc) is 4.30. The van der Waals surface area contributed by atoms with Crippen LogP contribution in [0.15, 0.2) is 171 Å². The zero-order chi connectivity index (χ0) is 50.3. The van der Waals surface area contributed by atoms with Crippen molar-refractivity contribution in [3.8, 4) is 84.9 Å². The highest BCUT2D eigenvalue weighted by atomic mass is 16.5. The molecule has 0 aliphatic heterocycles. The van der Waals surface area contributed by atoms with Crippen LogP contribution in [0.5, 0.6) is 11.5 Å². The molecule has 0 atom stereocenters. The summed E-state index contributed by atoms with van der Waals surface area (Å²) in [7, 11) is 0. The number of hydrogen-bond donors (Lipinski definition) is 0. The molecular formula is C65H68N4O5. The van der Waals surface area contributed by atoms with Crippen LogP contribution in [0.1, 0.15) is 117 Å². The van der Waals surface area contributed by atoms with E-state index in [-0.39, 0.29) is 0 Å². The molecule has 0 radical (unpaired) electrons. The molecule has 4 heterocycles. The molecule has 0 fully saturated rings. The Labute approximate surface area is 435 Å². The SMILES string of the molecule is CCCCCCCCCCOc1ccc(-c2cc(-c3ccc4c5ccc(-c6cc(-c7ccc(OCCCCCCCCCC)cc7)no6)cc5n(-c5ccc(-c6cc(-c7ccccc7)on6)cc5)c4c3)on2)cc1. The van der Waals surface area contributed by atoms with E-state index in [1.54, 1.807) is 0 Å². The minimum absolute atomic E-state index is 0.683. The lowest BCUT2D eigenvalue weighted by Gasteiger charge is -2.10. The molecule has 0 spiro atoms. The zero-order valence-electron chi connectivity index (χ0n) is 43.1. The zero-order valence-corrected chi connectivity index (χ0v) is 43.1. The maximum Gasteiger partial charge on any atom is 0.167 e. The summed E-state index contributed by atoms with van der Waals surface area (Å²) in [6.45, 7) is 5.99. The van der Waals surface area contributed by atoms with Crippen molar-refractivity contribution in [1.82, 2.24) is 20.0 Å². The number of aromatic nitrogens is 4. The fourth-order valence-electron chi connectivity index (χ4n) is 9.92. The second-order valence-corrected chi connectivity index (χ2v) is 19.6. The van der Waals surface area contributed by atoms with Crippen LogP contribution in [-0.2, 0) is 0 Å². The first kappa shape index (κ1) is 49.9. The van der Waals surface area contributed by atoms with Crippen molar-refractivity contribution in [3.63, 3.8) is 0 Å². The van der Waals surface area contributed by atoms with Crippen molar-refractivity contribution >= 4 is 21.8 Å². The Bertz CT molecular complexity index is 3150. The van der Waals surface area contributed by atoms with Crippen LogP contribution >= 0.6 is 0 Å². The van der Waals surface area contributed by atoms with E-state index in [4.69, 9.17) is 23.0 Å². The number of hydrogen-bond acceptors (Lipinski definition) is 8. The first-order chi connectivity index (χ1) is 36.6. The fraction of sp³-hybridized carbons (Fsp3) is 0.308. The number of unbranched alkanes of at least 4 members (excludes halogenated alkanes) is 14. The van der Waals surface area contributed by atoms with E-state index in [2.05, 4.69) is 119 Å². The van der Waals surface area contributed by atoms with Gasteiger partial charge in [0.1, 0.15) is 28.6 Å². The lowest BCUT2D eigenvalue weighted by molar-refractivity contribution is 0.304. The number of rotatable bonds is 27. The first-order valence-corrected chi connectivity index (χ1v) is 27.2. The molecule has 0 aliphatic rings. The van der Waals surface area contributed by atoms with Crippen LogP contribution < -0.4 is 9.47 Å². The summed E-state index contributed by atoms with van der Waals surface area (Å²) in [5.74, 6) is 3.83. The van der Waals surface area contributed by atoms with Crippen molar-refractivity contribution < 1.29 is 23.0 Å². The topological polar surface area (TPSA) is 101 Å². The number of nitrogens with zero attached hydrogens (tertiary/aromatic N) is 4. The molecule has 74 heavy (non-hydrogen) atoms. The predicted molar refractivity (Wildman–Crippen MR) is 300 cm³/mol. The second kappa shape index (κ2) is 24.9. The smallest absolute Gasteiger partial charge is 0.167 e. The monoisotopic (exact) mass is 985 g/mol. The van der Waals surface area contributed by atoms with E-state index in [0.29, 0.717) is 11.5 Å². The summed E-state index contributed by atoms with van der Waals surface area (Å²) in [5.41, 5.74) is 11.0. The highest BCUT2D eigenvalue weighted by Gasteiger charge is 2.19. The van der Waals surface area contributed by atoms with Gasteiger partial charge in [-0.2, -0.15) is 0 Å². The maximum atomic E-state index is 6.09. The molecule has 0 N–H and O–H groups in total. The Balaban J connectivity index is 0.883. The second-order valence-electron chi connectivity index (χ2n) is 19.6. The Kier molecular flexibility index (Phi) is 16.8. The van der Waals surface area contributed by atoms with Gasteiger partial charge in [-0.3, -0.25) is 0 Å². The number of ether oxygens (including phenoxy) is 2. The van der Waals surface area contributed by atoms with Crippen molar-refractivity contribution in [3.05, 3.63) is 158 Å². The molecule has 4 aromatic heterocycles. The van der Waals surface area contributed by atoms with Crippen LogP contribution in [-0.4, -0.2) is 33.3 Å². The van der Waals surface area contributed by atoms with Crippen molar-refractivity contribution in [1.29, 1.82) is 0 Å². The average molecular weight is 985 g/mol. The molecule has 10 aromatic rings. The summed E-state index contributed by atoms with van der Waals surface area (Å²) in [5, 5.41) is 15.7. The van der Waals surface area contributed by atoms with Crippen LogP contribution in [0.2, 0.25) is 0 Å². The van der Waals surface area contributed by atoms with Gasteiger partial charge in [0.2, 0.25) is 0 Å². The van der Waals surface area contributed by atoms with Gasteiger partial charge in [-0.25, -0.2) is 0 Å². The van der Waals surface area contributed by atoms with E-state index in [1.807, 2.05) is 72.8 Å². The quantitative estimate of drug-likeness (QED) is 0.0470. The van der Waals surface area contributed by atoms with Crippen LogP contribution in [0.4, 0.5) is 0 Å². The highest BCUT2D eigenvalue weighted by Crippen LogP contribution is 2.39. The largest absolute Gasteiger partial charge is 0.494 e. The van der Waals surface area contributed by atoms with Gasteiger partial charge in [-0.15, -0.1) is 0 Å². The van der Waals surface area contributed by atoms with Gasteiger partial charge in [-0.05, 0) is 85.6 Å².